The third-order valence-electron chi connectivity index (χ3n) is 4.08. The number of carbonyl (C=O) groups is 1. The molecule has 1 fully saturated rings. The first-order valence-electron chi connectivity index (χ1n) is 8.91. The molecule has 2 heterocycles. The lowest BCUT2D eigenvalue weighted by molar-refractivity contribution is 0.0215. The molecule has 2 aromatic rings. The van der Waals surface area contributed by atoms with Crippen molar-refractivity contribution in [3.05, 3.63) is 10.2 Å². The van der Waals surface area contributed by atoms with Crippen LogP contribution in [0, 0.1) is 0 Å². The van der Waals surface area contributed by atoms with Crippen molar-refractivity contribution in [1.82, 2.24) is 25.0 Å². The molecule has 13 heteroatoms. The van der Waals surface area contributed by atoms with Gasteiger partial charge in [-0.15, -0.1) is 5.10 Å². The molecule has 3 atom stereocenters. The fourth-order valence-corrected chi connectivity index (χ4v) is 3.77. The van der Waals surface area contributed by atoms with Crippen LogP contribution in [0.15, 0.2) is 15.3 Å². The van der Waals surface area contributed by atoms with E-state index in [0.717, 1.165) is 12.2 Å². The average Bonchev–Trinajstić information content (AvgIpc) is 3.23. The SMILES string of the molecule is CCCSc1nc(NC/C=C/I)c2nnn([C@@H]3CC[C@@H](O)[C@H]3O)c2n1.O=C(O)O. The van der Waals surface area contributed by atoms with Gasteiger partial charge in [-0.2, -0.15) is 0 Å². The van der Waals surface area contributed by atoms with Crippen LogP contribution in [-0.4, -0.2) is 76.0 Å². The number of nitrogens with one attached hydrogen (secondary N) is 1. The molecule has 0 saturated heterocycles. The molecule has 1 saturated carbocycles. The fraction of sp³-hybridized carbons (Fsp3) is 0.562. The van der Waals surface area contributed by atoms with Gasteiger partial charge in [0.1, 0.15) is 6.10 Å². The lowest BCUT2D eigenvalue weighted by Gasteiger charge is -2.16. The zero-order valence-corrected chi connectivity index (χ0v) is 18.6. The Balaban J connectivity index is 0.000000687. The third kappa shape index (κ3) is 6.38. The van der Waals surface area contributed by atoms with Crippen molar-refractivity contribution in [3.63, 3.8) is 0 Å². The van der Waals surface area contributed by atoms with Gasteiger partial charge in [-0.1, -0.05) is 52.6 Å². The largest absolute Gasteiger partial charge is 0.503 e. The standard InChI is InChI=1S/C15H21IN6O2S.CH2O3/c1-2-8-25-15-18-13(17-7-3-6-16)11-14(19-15)22(21-20-11)9-4-5-10(23)12(9)24;2-1(3)4/h3,6,9-10,12,23-24H,2,4-5,7-8H2,1H3,(H,17,18,19);(H2,2,3,4)/b6-3+;/t9-,10-,12+;/m1./s1. The normalized spacial score (nSPS) is 21.3. The summed E-state index contributed by atoms with van der Waals surface area (Å²) in [6.45, 7) is 2.74. The van der Waals surface area contributed by atoms with Crippen LogP contribution in [0.4, 0.5) is 10.6 Å². The van der Waals surface area contributed by atoms with Crippen LogP contribution < -0.4 is 5.32 Å². The molecule has 29 heavy (non-hydrogen) atoms. The van der Waals surface area contributed by atoms with E-state index < -0.39 is 18.4 Å². The highest BCUT2D eigenvalue weighted by molar-refractivity contribution is 14.1. The van der Waals surface area contributed by atoms with E-state index in [-0.39, 0.29) is 6.04 Å². The van der Waals surface area contributed by atoms with E-state index in [1.165, 1.54) is 0 Å². The van der Waals surface area contributed by atoms with Crippen molar-refractivity contribution in [2.24, 2.45) is 0 Å². The maximum Gasteiger partial charge on any atom is 0.503 e. The van der Waals surface area contributed by atoms with Gasteiger partial charge in [0.05, 0.1) is 12.1 Å². The van der Waals surface area contributed by atoms with Gasteiger partial charge < -0.3 is 25.7 Å². The number of aromatic nitrogens is 5. The van der Waals surface area contributed by atoms with Crippen molar-refractivity contribution >= 4 is 57.5 Å². The summed E-state index contributed by atoms with van der Waals surface area (Å²) in [5.41, 5.74) is 1.17. The minimum absolute atomic E-state index is 0.319. The summed E-state index contributed by atoms with van der Waals surface area (Å²) in [5, 5.41) is 46.3. The van der Waals surface area contributed by atoms with Crippen LogP contribution in [0.2, 0.25) is 0 Å². The molecule has 160 valence electrons. The zero-order chi connectivity index (χ0) is 21.4. The van der Waals surface area contributed by atoms with Crippen molar-refractivity contribution in [3.8, 4) is 0 Å². The minimum Gasteiger partial charge on any atom is -0.450 e. The highest BCUT2D eigenvalue weighted by Crippen LogP contribution is 2.33. The number of carboxylic acid groups (broad SMARTS) is 2. The Morgan fingerprint density at radius 2 is 2.07 bits per heavy atom. The first-order chi connectivity index (χ1) is 13.9. The summed E-state index contributed by atoms with van der Waals surface area (Å²) < 4.78 is 3.57. The van der Waals surface area contributed by atoms with Crippen molar-refractivity contribution in [2.75, 3.05) is 17.6 Å². The molecule has 3 rings (SSSR count). The maximum atomic E-state index is 10.2. The Hall–Kier alpha value is -1.71. The summed E-state index contributed by atoms with van der Waals surface area (Å²) in [6, 6.07) is -0.319. The second-order valence-corrected chi connectivity index (χ2v) is 7.92. The molecule has 0 radical (unpaired) electrons. The lowest BCUT2D eigenvalue weighted by atomic mass is 10.2. The molecule has 1 aliphatic carbocycles. The van der Waals surface area contributed by atoms with Crippen LogP contribution in [-0.2, 0) is 0 Å². The molecule has 2 aromatic heterocycles. The Labute approximate surface area is 184 Å². The number of nitrogens with zero attached hydrogens (tertiary/aromatic N) is 5. The second-order valence-electron chi connectivity index (χ2n) is 6.14. The summed E-state index contributed by atoms with van der Waals surface area (Å²) >= 11 is 3.75. The molecular formula is C16H23IN6O5S. The Bertz CT molecular complexity index is 847. The first kappa shape index (κ1) is 23.6. The van der Waals surface area contributed by atoms with Gasteiger partial charge in [-0.25, -0.2) is 19.4 Å². The predicted molar refractivity (Wildman–Crippen MR) is 117 cm³/mol. The van der Waals surface area contributed by atoms with Gasteiger partial charge >= 0.3 is 6.16 Å². The number of thioether (sulfide) groups is 1. The molecule has 0 aliphatic heterocycles. The number of aliphatic hydroxyl groups is 2. The van der Waals surface area contributed by atoms with Crippen molar-refractivity contribution in [2.45, 2.75) is 49.6 Å². The van der Waals surface area contributed by atoms with Gasteiger partial charge in [0.15, 0.2) is 22.1 Å². The van der Waals surface area contributed by atoms with Crippen molar-refractivity contribution < 1.29 is 25.2 Å². The van der Waals surface area contributed by atoms with Gasteiger partial charge in [0.2, 0.25) is 0 Å². The smallest absolute Gasteiger partial charge is 0.450 e. The summed E-state index contributed by atoms with van der Waals surface area (Å²) in [7, 11) is 0. The topological polar surface area (TPSA) is 167 Å². The minimum atomic E-state index is -1.83. The van der Waals surface area contributed by atoms with Crippen LogP contribution >= 0.6 is 34.4 Å². The molecule has 11 nitrogen and oxygen atoms in total. The van der Waals surface area contributed by atoms with Crippen molar-refractivity contribution in [1.29, 1.82) is 0 Å². The average molecular weight is 538 g/mol. The summed E-state index contributed by atoms with van der Waals surface area (Å²) in [6.07, 6.45) is 0.771. The monoisotopic (exact) mass is 538 g/mol. The fourth-order valence-electron chi connectivity index (χ4n) is 2.82. The highest BCUT2D eigenvalue weighted by Gasteiger charge is 2.36. The number of aliphatic hydroxyl groups excluding tert-OH is 2. The highest BCUT2D eigenvalue weighted by atomic mass is 127. The van der Waals surface area contributed by atoms with E-state index in [1.54, 1.807) is 16.4 Å². The van der Waals surface area contributed by atoms with Crippen LogP contribution in [0.1, 0.15) is 32.2 Å². The molecule has 0 aromatic carbocycles. The second kappa shape index (κ2) is 11.5. The van der Waals surface area contributed by atoms with Crippen LogP contribution in [0.5, 0.6) is 0 Å². The Morgan fingerprint density at radius 1 is 1.34 bits per heavy atom. The molecule has 0 spiro atoms. The zero-order valence-electron chi connectivity index (χ0n) is 15.6. The van der Waals surface area contributed by atoms with Gasteiger partial charge in [-0.3, -0.25) is 0 Å². The lowest BCUT2D eigenvalue weighted by Crippen LogP contribution is -2.28. The van der Waals surface area contributed by atoms with Crippen LogP contribution in [0.25, 0.3) is 11.2 Å². The van der Waals surface area contributed by atoms with Gasteiger partial charge in [0, 0.05) is 12.3 Å². The number of anilines is 1. The number of fused-ring (bicyclic) bond motifs is 1. The van der Waals surface area contributed by atoms with E-state index in [0.29, 0.717) is 41.5 Å². The third-order valence-corrected chi connectivity index (χ3v) is 5.64. The molecule has 0 amide bonds. The van der Waals surface area contributed by atoms with E-state index in [2.05, 4.69) is 55.1 Å². The van der Waals surface area contributed by atoms with E-state index in [1.807, 2.05) is 10.2 Å². The number of halogens is 1. The summed E-state index contributed by atoms with van der Waals surface area (Å²) in [5.74, 6) is 1.56. The number of rotatable bonds is 7. The van der Waals surface area contributed by atoms with Gasteiger partial charge in [0.25, 0.3) is 0 Å². The van der Waals surface area contributed by atoms with E-state index >= 15 is 0 Å². The molecule has 0 unspecified atom stereocenters. The Morgan fingerprint density at radius 3 is 2.66 bits per heavy atom. The first-order valence-corrected chi connectivity index (χ1v) is 11.1. The molecule has 1 aliphatic rings. The van der Waals surface area contributed by atoms with E-state index in [9.17, 15) is 10.2 Å². The summed E-state index contributed by atoms with van der Waals surface area (Å²) in [4.78, 5) is 17.7. The number of hydrogen-bond donors (Lipinski definition) is 5. The molecule has 0 bridgehead atoms. The molecular weight excluding hydrogens is 515 g/mol. The maximum absolute atomic E-state index is 10.2. The Kier molecular flexibility index (Phi) is 9.32. The number of hydrogen-bond acceptors (Lipinski definition) is 9. The predicted octanol–water partition coefficient (Wildman–Crippen LogP) is 2.36. The molecule has 5 N–H and O–H groups in total. The van der Waals surface area contributed by atoms with Gasteiger partial charge in [-0.05, 0) is 23.3 Å². The van der Waals surface area contributed by atoms with Crippen LogP contribution in [0.3, 0.4) is 0 Å². The van der Waals surface area contributed by atoms with E-state index in [4.69, 9.17) is 15.0 Å². The quantitative estimate of drug-likeness (QED) is 0.200.